The molecule has 3 nitrogen and oxygen atoms in total. The zero-order chi connectivity index (χ0) is 21.0. The second-order valence-corrected chi connectivity index (χ2v) is 9.28. The lowest BCUT2D eigenvalue weighted by Gasteiger charge is -2.22. The summed E-state index contributed by atoms with van der Waals surface area (Å²) in [5.74, 6) is 0.205. The molecular weight excluding hydrogens is 405 g/mol. The zero-order valence-corrected chi connectivity index (χ0v) is 18.6. The van der Waals surface area contributed by atoms with Gasteiger partial charge in [0.1, 0.15) is 0 Å². The molecule has 1 saturated carbocycles. The van der Waals surface area contributed by atoms with Crippen molar-refractivity contribution in [3.63, 3.8) is 0 Å². The van der Waals surface area contributed by atoms with Crippen LogP contribution in [0, 0.1) is 25.7 Å². The number of aromatic nitrogens is 1. The molecule has 0 bridgehead atoms. The first-order valence-electron chi connectivity index (χ1n) is 10.4. The molecule has 0 amide bonds. The smallest absolute Gasteiger partial charge is 0.337 e. The van der Waals surface area contributed by atoms with E-state index >= 15 is 0 Å². The Morgan fingerprint density at radius 3 is 2.72 bits per heavy atom. The van der Waals surface area contributed by atoms with E-state index in [2.05, 4.69) is 18.8 Å². The Hall–Kier alpha value is -1.58. The monoisotopic (exact) mass is 433 g/mol. The number of carbonyl (C=O) groups is 1. The minimum absolute atomic E-state index is 0.186. The first kappa shape index (κ1) is 22.1. The Morgan fingerprint density at radius 1 is 1.17 bits per heavy atom. The minimum Gasteiger partial charge on any atom is -0.478 e. The third kappa shape index (κ3) is 5.52. The van der Waals surface area contributed by atoms with Gasteiger partial charge in [-0.25, -0.2) is 4.79 Å². The van der Waals surface area contributed by atoms with E-state index in [1.54, 1.807) is 12.1 Å². The fraction of sp³-hybridized carbons (Fsp3) is 0.500. The van der Waals surface area contributed by atoms with Crippen molar-refractivity contribution < 1.29 is 9.90 Å². The summed E-state index contributed by atoms with van der Waals surface area (Å²) >= 11 is 12.7. The standard InChI is InChI=1S/C24H29Cl2NO2/c1-15-13-27-14-19(16(15)2)7-9-20-18(8-11-22(20)25)5-3-4-17-6-10-23(26)21(12-17)24(28)29/h6,10,12-14,18,20,22H,3-5,7-9,11H2,1-2H3,(H,28,29)/t18-,20+,22?/m0/s1. The van der Waals surface area contributed by atoms with Crippen LogP contribution >= 0.6 is 23.2 Å². The molecule has 3 rings (SSSR count). The van der Waals surface area contributed by atoms with E-state index in [4.69, 9.17) is 23.2 Å². The summed E-state index contributed by atoms with van der Waals surface area (Å²) in [6.07, 6.45) is 11.4. The molecule has 5 heteroatoms. The van der Waals surface area contributed by atoms with Gasteiger partial charge in [-0.1, -0.05) is 17.7 Å². The molecule has 0 spiro atoms. The van der Waals surface area contributed by atoms with Gasteiger partial charge >= 0.3 is 5.97 Å². The highest BCUT2D eigenvalue weighted by molar-refractivity contribution is 6.33. The molecule has 0 radical (unpaired) electrons. The third-order valence-corrected chi connectivity index (χ3v) is 7.38. The normalized spacial score (nSPS) is 21.4. The summed E-state index contributed by atoms with van der Waals surface area (Å²) in [6.45, 7) is 4.29. The van der Waals surface area contributed by atoms with Crippen molar-refractivity contribution in [2.24, 2.45) is 11.8 Å². The van der Waals surface area contributed by atoms with Crippen LogP contribution in [0.5, 0.6) is 0 Å². The van der Waals surface area contributed by atoms with E-state index < -0.39 is 5.97 Å². The fourth-order valence-electron chi connectivity index (χ4n) is 4.59. The lowest BCUT2D eigenvalue weighted by atomic mass is 9.85. The van der Waals surface area contributed by atoms with Gasteiger partial charge < -0.3 is 5.11 Å². The second kappa shape index (κ2) is 9.95. The summed E-state index contributed by atoms with van der Waals surface area (Å²) in [5, 5.41) is 9.79. The van der Waals surface area contributed by atoms with Crippen molar-refractivity contribution in [1.29, 1.82) is 0 Å². The highest BCUT2D eigenvalue weighted by Gasteiger charge is 2.34. The van der Waals surface area contributed by atoms with Crippen LogP contribution in [0.3, 0.4) is 0 Å². The van der Waals surface area contributed by atoms with Crippen LogP contribution < -0.4 is 0 Å². The van der Waals surface area contributed by atoms with Crippen molar-refractivity contribution in [3.05, 3.63) is 63.4 Å². The molecule has 0 saturated heterocycles. The molecule has 0 aliphatic heterocycles. The topological polar surface area (TPSA) is 50.2 Å². The molecular formula is C24H29Cl2NO2. The Kier molecular flexibility index (Phi) is 7.59. The maximum Gasteiger partial charge on any atom is 0.337 e. The lowest BCUT2D eigenvalue weighted by Crippen LogP contribution is -2.17. The highest BCUT2D eigenvalue weighted by Crippen LogP contribution is 2.41. The van der Waals surface area contributed by atoms with Gasteiger partial charge in [-0.2, -0.15) is 0 Å². The van der Waals surface area contributed by atoms with Gasteiger partial charge in [0.2, 0.25) is 0 Å². The molecule has 1 aliphatic rings. The number of aryl methyl sites for hydroxylation is 3. The number of hydrogen-bond acceptors (Lipinski definition) is 2. The summed E-state index contributed by atoms with van der Waals surface area (Å²) in [6, 6.07) is 5.32. The van der Waals surface area contributed by atoms with Crippen LogP contribution in [0.1, 0.15) is 64.7 Å². The largest absolute Gasteiger partial charge is 0.478 e. The number of pyridine rings is 1. The first-order valence-corrected chi connectivity index (χ1v) is 11.2. The number of halogens is 2. The summed E-state index contributed by atoms with van der Waals surface area (Å²) < 4.78 is 0. The highest BCUT2D eigenvalue weighted by atomic mass is 35.5. The van der Waals surface area contributed by atoms with Crippen molar-refractivity contribution in [1.82, 2.24) is 4.98 Å². The average molecular weight is 434 g/mol. The van der Waals surface area contributed by atoms with E-state index in [-0.39, 0.29) is 10.9 Å². The van der Waals surface area contributed by atoms with Crippen LogP contribution in [0.25, 0.3) is 0 Å². The molecule has 1 fully saturated rings. The Bertz CT molecular complexity index is 868. The molecule has 156 valence electrons. The predicted octanol–water partition coefficient (Wildman–Crippen LogP) is 6.64. The molecule has 1 aliphatic carbocycles. The molecule has 2 aromatic rings. The number of aromatic carboxylic acids is 1. The van der Waals surface area contributed by atoms with E-state index in [0.29, 0.717) is 16.9 Å². The number of hydrogen-bond donors (Lipinski definition) is 1. The van der Waals surface area contributed by atoms with Crippen molar-refractivity contribution in [3.8, 4) is 0 Å². The predicted molar refractivity (Wildman–Crippen MR) is 119 cm³/mol. The number of rotatable bonds is 8. The molecule has 1 aromatic heterocycles. The number of benzene rings is 1. The number of nitrogens with zero attached hydrogens (tertiary/aromatic N) is 1. The van der Waals surface area contributed by atoms with Crippen LogP contribution in [0.2, 0.25) is 5.02 Å². The quantitative estimate of drug-likeness (QED) is 0.474. The van der Waals surface area contributed by atoms with Gasteiger partial charge in [-0.05, 0) is 105 Å². The Morgan fingerprint density at radius 2 is 1.97 bits per heavy atom. The summed E-state index contributed by atoms with van der Waals surface area (Å²) in [4.78, 5) is 15.6. The number of carboxylic acid groups (broad SMARTS) is 1. The molecule has 1 heterocycles. The zero-order valence-electron chi connectivity index (χ0n) is 17.1. The van der Waals surface area contributed by atoms with E-state index in [1.165, 1.54) is 23.1 Å². The van der Waals surface area contributed by atoms with Crippen molar-refractivity contribution in [2.75, 3.05) is 0 Å². The number of alkyl halides is 1. The maximum absolute atomic E-state index is 11.3. The van der Waals surface area contributed by atoms with Crippen LogP contribution in [0.4, 0.5) is 0 Å². The molecule has 3 atom stereocenters. The van der Waals surface area contributed by atoms with E-state index in [9.17, 15) is 9.90 Å². The molecule has 1 unspecified atom stereocenters. The first-order chi connectivity index (χ1) is 13.9. The lowest BCUT2D eigenvalue weighted by molar-refractivity contribution is 0.0697. The van der Waals surface area contributed by atoms with Gasteiger partial charge in [0.15, 0.2) is 0 Å². The van der Waals surface area contributed by atoms with Gasteiger partial charge in [0, 0.05) is 17.8 Å². The van der Waals surface area contributed by atoms with Gasteiger partial charge in [-0.3, -0.25) is 4.98 Å². The molecule has 1 aromatic carbocycles. The van der Waals surface area contributed by atoms with Crippen LogP contribution in [0.15, 0.2) is 30.6 Å². The maximum atomic E-state index is 11.3. The van der Waals surface area contributed by atoms with Crippen molar-refractivity contribution >= 4 is 29.2 Å². The van der Waals surface area contributed by atoms with Gasteiger partial charge in [0.05, 0.1) is 10.6 Å². The summed E-state index contributed by atoms with van der Waals surface area (Å²) in [7, 11) is 0. The van der Waals surface area contributed by atoms with Gasteiger partial charge in [0.25, 0.3) is 0 Å². The Balaban J connectivity index is 1.55. The van der Waals surface area contributed by atoms with Crippen LogP contribution in [-0.4, -0.2) is 21.4 Å². The van der Waals surface area contributed by atoms with E-state index in [1.807, 2.05) is 18.5 Å². The summed E-state index contributed by atoms with van der Waals surface area (Å²) in [5.41, 5.74) is 5.15. The fourth-order valence-corrected chi connectivity index (χ4v) is 5.25. The third-order valence-electron chi connectivity index (χ3n) is 6.50. The molecule has 1 N–H and O–H groups in total. The minimum atomic E-state index is -0.973. The average Bonchev–Trinajstić information content (AvgIpc) is 3.04. The van der Waals surface area contributed by atoms with Gasteiger partial charge in [-0.15, -0.1) is 11.6 Å². The van der Waals surface area contributed by atoms with Crippen LogP contribution in [-0.2, 0) is 12.8 Å². The second-order valence-electron chi connectivity index (χ2n) is 8.31. The van der Waals surface area contributed by atoms with E-state index in [0.717, 1.165) is 44.1 Å². The number of carboxylic acids is 1. The Labute approximate surface area is 183 Å². The molecule has 29 heavy (non-hydrogen) atoms. The van der Waals surface area contributed by atoms with Crippen molar-refractivity contribution in [2.45, 2.75) is 64.2 Å². The SMILES string of the molecule is Cc1cncc(CC[C@H]2C(Cl)CC[C@@H]2CCCc2ccc(Cl)c(C(=O)O)c2)c1C.